The van der Waals surface area contributed by atoms with Gasteiger partial charge >= 0.3 is 0 Å². The summed E-state index contributed by atoms with van der Waals surface area (Å²) in [4.78, 5) is 16.3. The van der Waals surface area contributed by atoms with Crippen molar-refractivity contribution in [2.24, 2.45) is 0 Å². The van der Waals surface area contributed by atoms with Crippen molar-refractivity contribution in [3.05, 3.63) is 35.4 Å². The minimum atomic E-state index is -0.571. The number of ether oxygens (including phenoxy) is 1. The average molecular weight is 290 g/mol. The molecule has 1 saturated heterocycles. The number of β-amino-alcohol motifs (C(OH)–C–C–N with tert-alkyl or cyclic N) is 1. The zero-order chi connectivity index (χ0) is 14.7. The van der Waals surface area contributed by atoms with E-state index in [9.17, 15) is 9.90 Å². The molecule has 5 nitrogen and oxygen atoms in total. The molecule has 0 aromatic heterocycles. The molecule has 1 aromatic carbocycles. The van der Waals surface area contributed by atoms with E-state index in [4.69, 9.17) is 4.74 Å². The second-order valence-corrected chi connectivity index (χ2v) is 5.80. The van der Waals surface area contributed by atoms with Crippen LogP contribution in [0.5, 0.6) is 0 Å². The topological polar surface area (TPSA) is 53.0 Å². The maximum atomic E-state index is 12.4. The Kier molecular flexibility index (Phi) is 4.53. The van der Waals surface area contributed by atoms with Crippen LogP contribution >= 0.6 is 0 Å². The summed E-state index contributed by atoms with van der Waals surface area (Å²) in [5, 5.41) is 9.71. The lowest BCUT2D eigenvalue weighted by molar-refractivity contribution is -0.133. The molecule has 0 unspecified atom stereocenters. The first-order valence-electron chi connectivity index (χ1n) is 7.55. The van der Waals surface area contributed by atoms with Crippen LogP contribution < -0.4 is 0 Å². The van der Waals surface area contributed by atoms with Gasteiger partial charge in [0.15, 0.2) is 0 Å². The number of nitrogens with zero attached hydrogens (tertiary/aromatic N) is 2. The number of fused-ring (bicyclic) bond motifs is 1. The van der Waals surface area contributed by atoms with Crippen molar-refractivity contribution < 1.29 is 14.6 Å². The summed E-state index contributed by atoms with van der Waals surface area (Å²) in [5.74, 6) is 0.0823. The SMILES string of the molecule is O=C(CN1CCc2ccccc2C1)N1CCOC[C@H](O)C1. The van der Waals surface area contributed by atoms with E-state index >= 15 is 0 Å². The lowest BCUT2D eigenvalue weighted by atomic mass is 10.00. The van der Waals surface area contributed by atoms with Crippen molar-refractivity contribution >= 4 is 5.91 Å². The third-order valence-electron chi connectivity index (χ3n) is 4.17. The highest BCUT2D eigenvalue weighted by Gasteiger charge is 2.24. The van der Waals surface area contributed by atoms with Gasteiger partial charge in [-0.15, -0.1) is 0 Å². The van der Waals surface area contributed by atoms with Gasteiger partial charge in [0.25, 0.3) is 0 Å². The van der Waals surface area contributed by atoms with E-state index in [-0.39, 0.29) is 5.91 Å². The Bertz CT molecular complexity index is 506. The lowest BCUT2D eigenvalue weighted by Gasteiger charge is -2.30. The second kappa shape index (κ2) is 6.56. The number of carbonyl (C=O) groups is 1. The van der Waals surface area contributed by atoms with Crippen molar-refractivity contribution in [1.82, 2.24) is 9.80 Å². The summed E-state index contributed by atoms with van der Waals surface area (Å²) in [7, 11) is 0. The van der Waals surface area contributed by atoms with Gasteiger partial charge in [0.05, 0.1) is 25.9 Å². The highest BCUT2D eigenvalue weighted by molar-refractivity contribution is 5.78. The summed E-state index contributed by atoms with van der Waals surface area (Å²) in [6.45, 7) is 3.93. The molecular weight excluding hydrogens is 268 g/mol. The largest absolute Gasteiger partial charge is 0.389 e. The standard InChI is InChI=1S/C16H22N2O3/c19-15-10-18(7-8-21-12-15)16(20)11-17-6-5-13-3-1-2-4-14(13)9-17/h1-4,15,19H,5-12H2/t15-/m1/s1. The number of hydrogen-bond donors (Lipinski definition) is 1. The summed E-state index contributed by atoms with van der Waals surface area (Å²) in [6.07, 6.45) is 0.424. The molecule has 1 atom stereocenters. The fraction of sp³-hybridized carbons (Fsp3) is 0.562. The fourth-order valence-electron chi connectivity index (χ4n) is 3.00. The van der Waals surface area contributed by atoms with Crippen molar-refractivity contribution in [1.29, 1.82) is 0 Å². The molecule has 0 saturated carbocycles. The molecule has 1 N–H and O–H groups in total. The number of aliphatic hydroxyl groups is 1. The third-order valence-corrected chi connectivity index (χ3v) is 4.17. The minimum Gasteiger partial charge on any atom is -0.389 e. The van der Waals surface area contributed by atoms with E-state index < -0.39 is 6.10 Å². The first kappa shape index (κ1) is 14.5. The van der Waals surface area contributed by atoms with Gasteiger partial charge in [0.2, 0.25) is 5.91 Å². The summed E-state index contributed by atoms with van der Waals surface area (Å²) >= 11 is 0. The van der Waals surface area contributed by atoms with E-state index in [2.05, 4.69) is 23.1 Å². The summed E-state index contributed by atoms with van der Waals surface area (Å²) < 4.78 is 5.27. The molecule has 1 amide bonds. The Morgan fingerprint density at radius 3 is 2.95 bits per heavy atom. The van der Waals surface area contributed by atoms with Gasteiger partial charge in [-0.25, -0.2) is 0 Å². The van der Waals surface area contributed by atoms with Crippen LogP contribution in [0.15, 0.2) is 24.3 Å². The van der Waals surface area contributed by atoms with Gasteiger partial charge in [-0.3, -0.25) is 9.69 Å². The smallest absolute Gasteiger partial charge is 0.236 e. The van der Waals surface area contributed by atoms with E-state index in [0.717, 1.165) is 19.5 Å². The van der Waals surface area contributed by atoms with Gasteiger partial charge in [-0.1, -0.05) is 24.3 Å². The van der Waals surface area contributed by atoms with Crippen molar-refractivity contribution in [2.45, 2.75) is 19.1 Å². The van der Waals surface area contributed by atoms with E-state index in [0.29, 0.717) is 32.8 Å². The van der Waals surface area contributed by atoms with Crippen LogP contribution in [0.4, 0.5) is 0 Å². The first-order valence-corrected chi connectivity index (χ1v) is 7.55. The lowest BCUT2D eigenvalue weighted by Crippen LogP contribution is -2.45. The van der Waals surface area contributed by atoms with Gasteiger partial charge in [0, 0.05) is 26.2 Å². The average Bonchev–Trinajstić information content (AvgIpc) is 2.72. The molecule has 0 bridgehead atoms. The van der Waals surface area contributed by atoms with Crippen LogP contribution in [0, 0.1) is 0 Å². The summed E-state index contributed by atoms with van der Waals surface area (Å²) in [5.41, 5.74) is 2.70. The first-order chi connectivity index (χ1) is 10.2. The van der Waals surface area contributed by atoms with E-state index in [1.165, 1.54) is 11.1 Å². The maximum Gasteiger partial charge on any atom is 0.236 e. The quantitative estimate of drug-likeness (QED) is 0.849. The molecule has 0 aliphatic carbocycles. The Hall–Kier alpha value is -1.43. The molecule has 5 heteroatoms. The number of carbonyl (C=O) groups excluding carboxylic acids is 1. The number of rotatable bonds is 2. The normalized spacial score (nSPS) is 23.5. The minimum absolute atomic E-state index is 0.0823. The predicted octanol–water partition coefficient (Wildman–Crippen LogP) is 0.264. The van der Waals surface area contributed by atoms with Gasteiger partial charge in [-0.2, -0.15) is 0 Å². The Labute approximate surface area is 125 Å². The zero-order valence-corrected chi connectivity index (χ0v) is 12.2. The van der Waals surface area contributed by atoms with Crippen LogP contribution in [0.2, 0.25) is 0 Å². The van der Waals surface area contributed by atoms with Crippen molar-refractivity contribution in [2.75, 3.05) is 39.4 Å². The van der Waals surface area contributed by atoms with Crippen LogP contribution in [-0.4, -0.2) is 66.3 Å². The van der Waals surface area contributed by atoms with Crippen LogP contribution in [0.25, 0.3) is 0 Å². The van der Waals surface area contributed by atoms with Crippen molar-refractivity contribution in [3.8, 4) is 0 Å². The van der Waals surface area contributed by atoms with Crippen LogP contribution in [0.3, 0.4) is 0 Å². The van der Waals surface area contributed by atoms with E-state index in [1.54, 1.807) is 4.90 Å². The molecule has 114 valence electrons. The zero-order valence-electron chi connectivity index (χ0n) is 12.2. The van der Waals surface area contributed by atoms with Crippen LogP contribution in [0.1, 0.15) is 11.1 Å². The molecule has 2 aliphatic heterocycles. The molecule has 1 aromatic rings. The van der Waals surface area contributed by atoms with Gasteiger partial charge in [-0.05, 0) is 17.5 Å². The highest BCUT2D eigenvalue weighted by Crippen LogP contribution is 2.18. The number of aliphatic hydroxyl groups excluding tert-OH is 1. The van der Waals surface area contributed by atoms with Crippen molar-refractivity contribution in [3.63, 3.8) is 0 Å². The van der Waals surface area contributed by atoms with Gasteiger partial charge in [0.1, 0.15) is 0 Å². The maximum absolute atomic E-state index is 12.4. The number of amides is 1. The molecule has 3 rings (SSSR count). The van der Waals surface area contributed by atoms with Crippen LogP contribution in [-0.2, 0) is 22.5 Å². The van der Waals surface area contributed by atoms with Gasteiger partial charge < -0.3 is 14.7 Å². The molecule has 1 fully saturated rings. The molecule has 21 heavy (non-hydrogen) atoms. The molecular formula is C16H22N2O3. The molecule has 0 radical (unpaired) electrons. The monoisotopic (exact) mass is 290 g/mol. The Balaban J connectivity index is 1.58. The molecule has 2 aliphatic rings. The molecule has 2 heterocycles. The second-order valence-electron chi connectivity index (χ2n) is 5.80. The number of hydrogen-bond acceptors (Lipinski definition) is 4. The number of benzene rings is 1. The fourth-order valence-corrected chi connectivity index (χ4v) is 3.00. The third kappa shape index (κ3) is 3.61. The predicted molar refractivity (Wildman–Crippen MR) is 78.8 cm³/mol. The summed E-state index contributed by atoms with van der Waals surface area (Å²) in [6, 6.07) is 8.41. The Morgan fingerprint density at radius 2 is 2.10 bits per heavy atom. The molecule has 0 spiro atoms. The van der Waals surface area contributed by atoms with E-state index in [1.807, 2.05) is 6.07 Å². The Morgan fingerprint density at radius 1 is 1.29 bits per heavy atom. The highest BCUT2D eigenvalue weighted by atomic mass is 16.5.